The van der Waals surface area contributed by atoms with Gasteiger partial charge in [0.15, 0.2) is 0 Å². The van der Waals surface area contributed by atoms with Gasteiger partial charge in [-0.25, -0.2) is 0 Å². The molecule has 0 rings (SSSR count). The SMILES string of the molecule is [Cl+].[Cl-].[Cl-].[Na+]. The zero-order valence-corrected chi connectivity index (χ0v) is 6.40. The molecule has 0 heterocycles. The van der Waals surface area contributed by atoms with Crippen LogP contribution < -0.4 is 54.4 Å². The summed E-state index contributed by atoms with van der Waals surface area (Å²) in [6.07, 6.45) is 0. The molecule has 0 aliphatic rings. The summed E-state index contributed by atoms with van der Waals surface area (Å²) in [6.45, 7) is 0. The molecule has 0 atom stereocenters. The zero-order chi connectivity index (χ0) is 0. The number of hydrogen-bond donors (Lipinski definition) is 0. The normalized spacial score (nSPS) is 0. The molecule has 4 heteroatoms. The summed E-state index contributed by atoms with van der Waals surface area (Å²) in [7, 11) is 0. The minimum Gasteiger partial charge on any atom is -1.00 e. The predicted molar refractivity (Wildman–Crippen MR) is 0 cm³/mol. The third-order valence-corrected chi connectivity index (χ3v) is 0. The van der Waals surface area contributed by atoms with Crippen LogP contribution in [0, 0.1) is 12.4 Å². The summed E-state index contributed by atoms with van der Waals surface area (Å²) < 4.78 is 0. The summed E-state index contributed by atoms with van der Waals surface area (Å²) in [5.74, 6) is 0. The van der Waals surface area contributed by atoms with Crippen molar-refractivity contribution in [3.63, 3.8) is 0 Å². The van der Waals surface area contributed by atoms with Crippen LogP contribution in [0.1, 0.15) is 0 Å². The van der Waals surface area contributed by atoms with Crippen LogP contribution in [0.2, 0.25) is 0 Å². The molecule has 0 aromatic carbocycles. The van der Waals surface area contributed by atoms with Gasteiger partial charge in [-0.15, -0.1) is 0 Å². The van der Waals surface area contributed by atoms with E-state index in [0.717, 1.165) is 0 Å². The third kappa shape index (κ3) is 9.12. The number of rotatable bonds is 0. The Morgan fingerprint density at radius 2 is 0.750 bits per heavy atom. The molecule has 0 fully saturated rings. The smallest absolute Gasteiger partial charge is 1.00 e. The van der Waals surface area contributed by atoms with Gasteiger partial charge in [-0.05, 0) is 0 Å². The van der Waals surface area contributed by atoms with Crippen molar-refractivity contribution in [3.05, 3.63) is 0 Å². The van der Waals surface area contributed by atoms with E-state index >= 15 is 0 Å². The molecule has 0 aromatic rings. The summed E-state index contributed by atoms with van der Waals surface area (Å²) >= 11 is 0. The fourth-order valence-corrected chi connectivity index (χ4v) is 0. The average Bonchev–Trinajstić information content (AvgIpc) is 0. The van der Waals surface area contributed by atoms with E-state index < -0.39 is 0 Å². The second-order valence-electron chi connectivity index (χ2n) is 0. The standard InChI is InChI=1S/2ClH.Cl.Na/h2*1H;;/q;;2*+1/p-2. The molecule has 22 valence electrons. The largest absolute Gasteiger partial charge is 1.00 e. The Balaban J connectivity index is 0. The van der Waals surface area contributed by atoms with Gasteiger partial charge in [0.1, 0.15) is 0 Å². The van der Waals surface area contributed by atoms with Gasteiger partial charge < -0.3 is 24.8 Å². The van der Waals surface area contributed by atoms with Gasteiger partial charge in [0.25, 0.3) is 0 Å². The third-order valence-electron chi connectivity index (χ3n) is 0. The Kier molecular flexibility index (Phi) is 208. The second-order valence-corrected chi connectivity index (χ2v) is 0. The second kappa shape index (κ2) is 20.9. The van der Waals surface area contributed by atoms with E-state index in [-0.39, 0.29) is 66.8 Å². The Morgan fingerprint density at radius 3 is 0.750 bits per heavy atom. The van der Waals surface area contributed by atoms with Crippen molar-refractivity contribution < 1.29 is 66.8 Å². The Bertz CT molecular complexity index is 3.25. The topological polar surface area (TPSA) is 0 Å². The molecule has 0 saturated carbocycles. The van der Waals surface area contributed by atoms with Crippen LogP contribution in [0.25, 0.3) is 0 Å². The summed E-state index contributed by atoms with van der Waals surface area (Å²) in [6, 6.07) is 0. The molecule has 0 saturated heterocycles. The van der Waals surface area contributed by atoms with E-state index in [2.05, 4.69) is 0 Å². The molecule has 0 aromatic heterocycles. The molecule has 0 amide bonds. The van der Waals surface area contributed by atoms with Crippen molar-refractivity contribution in [3.8, 4) is 0 Å². The zero-order valence-electron chi connectivity index (χ0n) is 2.13. The van der Waals surface area contributed by atoms with Crippen molar-refractivity contribution in [2.45, 2.75) is 0 Å². The van der Waals surface area contributed by atoms with Gasteiger partial charge >= 0.3 is 42.0 Å². The van der Waals surface area contributed by atoms with Crippen LogP contribution in [0.5, 0.6) is 0 Å². The Hall–Kier alpha value is 1.87. The molecule has 0 nitrogen and oxygen atoms in total. The van der Waals surface area contributed by atoms with E-state index in [1.54, 1.807) is 0 Å². The molecular formula is Cl3Na. The molecule has 0 unspecified atom stereocenters. The van der Waals surface area contributed by atoms with Gasteiger partial charge in [-0.1, -0.05) is 0 Å². The fourth-order valence-electron chi connectivity index (χ4n) is 0. The van der Waals surface area contributed by atoms with Gasteiger partial charge in [0, 0.05) is 0 Å². The van der Waals surface area contributed by atoms with Gasteiger partial charge in [0.2, 0.25) is 0 Å². The van der Waals surface area contributed by atoms with Crippen molar-refractivity contribution in [2.75, 3.05) is 0 Å². The average molecular weight is 129 g/mol. The molecular weight excluding hydrogens is 129 g/mol. The molecule has 2 radical (unpaired) electrons. The molecule has 4 heavy (non-hydrogen) atoms. The van der Waals surface area contributed by atoms with Crippen molar-refractivity contribution in [2.24, 2.45) is 0 Å². The molecule has 0 aliphatic carbocycles. The van der Waals surface area contributed by atoms with Crippen molar-refractivity contribution in [1.29, 1.82) is 0 Å². The van der Waals surface area contributed by atoms with E-state index in [0.29, 0.717) is 0 Å². The van der Waals surface area contributed by atoms with Crippen LogP contribution in [-0.2, 0) is 0 Å². The molecule has 0 aliphatic heterocycles. The van der Waals surface area contributed by atoms with Crippen LogP contribution in [-0.4, -0.2) is 0 Å². The van der Waals surface area contributed by atoms with Crippen LogP contribution in [0.3, 0.4) is 0 Å². The molecule has 0 spiro atoms. The first-order valence-electron chi connectivity index (χ1n) is 0. The van der Waals surface area contributed by atoms with Crippen LogP contribution >= 0.6 is 0 Å². The van der Waals surface area contributed by atoms with Gasteiger partial charge in [0.05, 0.1) is 0 Å². The molecule has 0 bridgehead atoms. The van der Waals surface area contributed by atoms with E-state index in [1.807, 2.05) is 0 Å². The van der Waals surface area contributed by atoms with Crippen molar-refractivity contribution in [1.82, 2.24) is 0 Å². The first-order chi connectivity index (χ1) is 0. The summed E-state index contributed by atoms with van der Waals surface area (Å²) in [4.78, 5) is 0. The maximum absolute atomic E-state index is 0. The quantitative estimate of drug-likeness (QED) is 0.285. The number of hydrogen-bond acceptors (Lipinski definition) is 0. The Morgan fingerprint density at radius 1 is 0.750 bits per heavy atom. The minimum atomic E-state index is 0. The first kappa shape index (κ1) is 39.8. The number of halogens is 3. The van der Waals surface area contributed by atoms with Gasteiger partial charge in [-0.2, -0.15) is 0 Å². The Labute approximate surface area is 66.2 Å². The van der Waals surface area contributed by atoms with Crippen LogP contribution in [0.15, 0.2) is 0 Å². The maximum Gasteiger partial charge on any atom is 1.00 e. The van der Waals surface area contributed by atoms with E-state index in [4.69, 9.17) is 0 Å². The molecule has 0 N–H and O–H groups in total. The summed E-state index contributed by atoms with van der Waals surface area (Å²) in [5.41, 5.74) is 0. The van der Waals surface area contributed by atoms with Gasteiger partial charge in [-0.3, -0.25) is 0 Å². The monoisotopic (exact) mass is 128 g/mol. The first-order valence-corrected chi connectivity index (χ1v) is 0. The van der Waals surface area contributed by atoms with E-state index in [9.17, 15) is 0 Å². The summed E-state index contributed by atoms with van der Waals surface area (Å²) in [5, 5.41) is 0. The van der Waals surface area contributed by atoms with E-state index in [1.165, 1.54) is 0 Å². The maximum atomic E-state index is 0. The van der Waals surface area contributed by atoms with Crippen molar-refractivity contribution >= 4 is 0 Å². The minimum absolute atomic E-state index is 0. The van der Waals surface area contributed by atoms with Crippen LogP contribution in [0.4, 0.5) is 0 Å². The fraction of sp³-hybridized carbons (Fsp3) is 0. The predicted octanol–water partition coefficient (Wildman–Crippen LogP) is -8.99.